The number of benzene rings is 2. The highest BCUT2D eigenvalue weighted by atomic mass is 32.2. The lowest BCUT2D eigenvalue weighted by Crippen LogP contribution is -2.51. The zero-order valence-corrected chi connectivity index (χ0v) is 20.4. The third kappa shape index (κ3) is 5.59. The van der Waals surface area contributed by atoms with E-state index >= 15 is 0 Å². The van der Waals surface area contributed by atoms with Gasteiger partial charge in [0.25, 0.3) is 0 Å². The van der Waals surface area contributed by atoms with Crippen LogP contribution in [0.1, 0.15) is 25.3 Å². The fraction of sp³-hybridized carbons (Fsp3) is 0.458. The zero-order valence-electron chi connectivity index (χ0n) is 19.5. The fourth-order valence-electron chi connectivity index (χ4n) is 4.30. The number of rotatable bonds is 9. The molecule has 8 nitrogen and oxygen atoms in total. The molecule has 1 aliphatic rings. The van der Waals surface area contributed by atoms with Crippen LogP contribution in [-0.4, -0.2) is 60.6 Å². The topological polar surface area (TPSA) is 94.2 Å². The number of nitrogens with one attached hydrogen (secondary N) is 1. The highest BCUT2D eigenvalue weighted by Gasteiger charge is 2.36. The van der Waals surface area contributed by atoms with Crippen molar-refractivity contribution in [2.24, 2.45) is 0 Å². The number of hydrogen-bond donors (Lipinski definition) is 1. The largest absolute Gasteiger partial charge is 0.493 e. The van der Waals surface area contributed by atoms with Crippen molar-refractivity contribution in [3.63, 3.8) is 0 Å². The molecule has 3 rings (SSSR count). The number of sulfonamides is 1. The molecular weight excluding hydrogens is 444 g/mol. The molecule has 1 amide bonds. The van der Waals surface area contributed by atoms with Crippen molar-refractivity contribution < 1.29 is 27.4 Å². The van der Waals surface area contributed by atoms with Crippen LogP contribution in [0.2, 0.25) is 0 Å². The standard InChI is InChI=1S/C24H32N2O6S/c1-18(26(33(4,28)29)20-10-11-21(30-2)22(16-20)31-3)23(27)25-17-24(12-14-32-15-13-24)19-8-6-5-7-9-19/h5-11,16,18H,12-15,17H2,1-4H3,(H,25,27)/t18-/m0/s1. The van der Waals surface area contributed by atoms with Gasteiger partial charge in [-0.1, -0.05) is 30.3 Å². The smallest absolute Gasteiger partial charge is 0.243 e. The molecule has 0 aliphatic carbocycles. The lowest BCUT2D eigenvalue weighted by molar-refractivity contribution is -0.122. The highest BCUT2D eigenvalue weighted by Crippen LogP contribution is 2.35. The second-order valence-corrected chi connectivity index (χ2v) is 10.1. The first-order valence-corrected chi connectivity index (χ1v) is 12.7. The Balaban J connectivity index is 1.84. The Morgan fingerprint density at radius 1 is 1.09 bits per heavy atom. The number of anilines is 1. The number of carbonyl (C=O) groups is 1. The number of methoxy groups -OCH3 is 2. The Morgan fingerprint density at radius 3 is 2.30 bits per heavy atom. The molecule has 2 aromatic carbocycles. The van der Waals surface area contributed by atoms with Gasteiger partial charge in [-0.25, -0.2) is 8.42 Å². The van der Waals surface area contributed by atoms with E-state index in [0.29, 0.717) is 36.9 Å². The lowest BCUT2D eigenvalue weighted by atomic mass is 9.74. The molecule has 0 bridgehead atoms. The van der Waals surface area contributed by atoms with Crippen molar-refractivity contribution >= 4 is 21.6 Å². The van der Waals surface area contributed by atoms with Crippen LogP contribution in [0.4, 0.5) is 5.69 Å². The van der Waals surface area contributed by atoms with E-state index in [1.54, 1.807) is 25.1 Å². The highest BCUT2D eigenvalue weighted by molar-refractivity contribution is 7.92. The third-order valence-electron chi connectivity index (χ3n) is 6.15. The third-order valence-corrected chi connectivity index (χ3v) is 7.39. The van der Waals surface area contributed by atoms with Crippen LogP contribution < -0.4 is 19.1 Å². The van der Waals surface area contributed by atoms with Crippen molar-refractivity contribution in [3.8, 4) is 11.5 Å². The zero-order chi connectivity index (χ0) is 24.1. The number of carbonyl (C=O) groups excluding carboxylic acids is 1. The van der Waals surface area contributed by atoms with Crippen LogP contribution in [0.15, 0.2) is 48.5 Å². The van der Waals surface area contributed by atoms with E-state index in [2.05, 4.69) is 17.4 Å². The maximum absolute atomic E-state index is 13.2. The van der Waals surface area contributed by atoms with Gasteiger partial charge in [0.05, 0.1) is 26.2 Å². The molecule has 0 aromatic heterocycles. The van der Waals surface area contributed by atoms with Gasteiger partial charge in [-0.3, -0.25) is 9.10 Å². The average Bonchev–Trinajstić information content (AvgIpc) is 2.82. The number of nitrogens with zero attached hydrogens (tertiary/aromatic N) is 1. The Kier molecular flexibility index (Phi) is 7.86. The molecule has 0 radical (unpaired) electrons. The summed E-state index contributed by atoms with van der Waals surface area (Å²) in [6.07, 6.45) is 2.63. The summed E-state index contributed by atoms with van der Waals surface area (Å²) >= 11 is 0. The Hall–Kier alpha value is -2.78. The molecule has 0 spiro atoms. The molecule has 1 N–H and O–H groups in total. The molecule has 1 aliphatic heterocycles. The minimum Gasteiger partial charge on any atom is -0.493 e. The monoisotopic (exact) mass is 476 g/mol. The summed E-state index contributed by atoms with van der Waals surface area (Å²) in [5.74, 6) is 0.467. The Labute approximate surface area is 195 Å². The second-order valence-electron chi connectivity index (χ2n) is 8.25. The van der Waals surface area contributed by atoms with Gasteiger partial charge in [-0.15, -0.1) is 0 Å². The molecule has 2 aromatic rings. The van der Waals surface area contributed by atoms with Gasteiger partial charge in [0.1, 0.15) is 6.04 Å². The average molecular weight is 477 g/mol. The Bertz CT molecular complexity index is 1050. The van der Waals surface area contributed by atoms with Crippen LogP contribution in [-0.2, 0) is 25.0 Å². The fourth-order valence-corrected chi connectivity index (χ4v) is 5.46. The van der Waals surface area contributed by atoms with E-state index in [-0.39, 0.29) is 11.3 Å². The molecule has 1 saturated heterocycles. The number of hydrogen-bond acceptors (Lipinski definition) is 6. The molecule has 33 heavy (non-hydrogen) atoms. The maximum atomic E-state index is 13.2. The van der Waals surface area contributed by atoms with Gasteiger partial charge in [-0.2, -0.15) is 0 Å². The molecule has 0 saturated carbocycles. The predicted molar refractivity (Wildman–Crippen MR) is 128 cm³/mol. The molecule has 0 unspecified atom stereocenters. The van der Waals surface area contributed by atoms with Gasteiger partial charge in [0.2, 0.25) is 15.9 Å². The molecule has 1 atom stereocenters. The summed E-state index contributed by atoms with van der Waals surface area (Å²) in [6.45, 7) is 3.20. The maximum Gasteiger partial charge on any atom is 0.243 e. The van der Waals surface area contributed by atoms with Gasteiger partial charge in [-0.05, 0) is 37.5 Å². The molecular formula is C24H32N2O6S. The Morgan fingerprint density at radius 2 is 1.73 bits per heavy atom. The van der Waals surface area contributed by atoms with E-state index < -0.39 is 16.1 Å². The first-order valence-electron chi connectivity index (χ1n) is 10.8. The van der Waals surface area contributed by atoms with Crippen LogP contribution in [0.5, 0.6) is 11.5 Å². The van der Waals surface area contributed by atoms with Crippen LogP contribution in [0, 0.1) is 0 Å². The summed E-state index contributed by atoms with van der Waals surface area (Å²) < 4.78 is 42.6. The van der Waals surface area contributed by atoms with E-state index in [1.165, 1.54) is 14.2 Å². The van der Waals surface area contributed by atoms with E-state index in [4.69, 9.17) is 14.2 Å². The number of ether oxygens (including phenoxy) is 3. The predicted octanol–water partition coefficient (Wildman–Crippen LogP) is 2.72. The van der Waals surface area contributed by atoms with Gasteiger partial charge < -0.3 is 19.5 Å². The van der Waals surface area contributed by atoms with Crippen molar-refractivity contribution in [3.05, 3.63) is 54.1 Å². The van der Waals surface area contributed by atoms with Crippen molar-refractivity contribution in [2.75, 3.05) is 44.5 Å². The normalized spacial score (nSPS) is 16.5. The van der Waals surface area contributed by atoms with Gasteiger partial charge >= 0.3 is 0 Å². The molecule has 1 fully saturated rings. The molecule has 1 heterocycles. The van der Waals surface area contributed by atoms with Crippen molar-refractivity contribution in [1.82, 2.24) is 5.32 Å². The summed E-state index contributed by atoms with van der Waals surface area (Å²) in [5.41, 5.74) is 1.21. The van der Waals surface area contributed by atoms with Gasteiger partial charge in [0, 0.05) is 31.2 Å². The van der Waals surface area contributed by atoms with Crippen LogP contribution >= 0.6 is 0 Å². The SMILES string of the molecule is COc1ccc(N([C@@H](C)C(=O)NCC2(c3ccccc3)CCOCC2)S(C)(=O)=O)cc1OC. The van der Waals surface area contributed by atoms with Crippen molar-refractivity contribution in [1.29, 1.82) is 0 Å². The quantitative estimate of drug-likeness (QED) is 0.598. The minimum absolute atomic E-state index is 0.256. The summed E-state index contributed by atoms with van der Waals surface area (Å²) in [4.78, 5) is 13.2. The molecule has 9 heteroatoms. The number of amides is 1. The van der Waals surface area contributed by atoms with Crippen LogP contribution in [0.25, 0.3) is 0 Å². The van der Waals surface area contributed by atoms with Crippen LogP contribution in [0.3, 0.4) is 0 Å². The summed E-state index contributed by atoms with van der Waals surface area (Å²) in [5, 5.41) is 3.01. The van der Waals surface area contributed by atoms with E-state index in [1.807, 2.05) is 18.2 Å². The second kappa shape index (κ2) is 10.4. The first kappa shape index (κ1) is 24.9. The first-order chi connectivity index (χ1) is 15.7. The van der Waals surface area contributed by atoms with Gasteiger partial charge in [0.15, 0.2) is 11.5 Å². The summed E-state index contributed by atoms with van der Waals surface area (Å²) in [6, 6.07) is 13.8. The lowest BCUT2D eigenvalue weighted by Gasteiger charge is -2.38. The summed E-state index contributed by atoms with van der Waals surface area (Å²) in [7, 11) is -0.789. The van der Waals surface area contributed by atoms with Crippen molar-refractivity contribution in [2.45, 2.75) is 31.2 Å². The molecule has 180 valence electrons. The van der Waals surface area contributed by atoms with E-state index in [9.17, 15) is 13.2 Å². The van der Waals surface area contributed by atoms with E-state index in [0.717, 1.165) is 29.0 Å². The minimum atomic E-state index is -3.76.